The van der Waals surface area contributed by atoms with Crippen LogP contribution in [0.1, 0.15) is 46.6 Å². The molecule has 1 N–H and O–H groups in total. The van der Waals surface area contributed by atoms with Crippen molar-refractivity contribution in [2.45, 2.75) is 69.0 Å². The number of sulfonamides is 1. The molecule has 0 heterocycles. The fraction of sp³-hybridized carbons (Fsp3) is 0.375. The van der Waals surface area contributed by atoms with Crippen LogP contribution in [0.25, 0.3) is 0 Å². The lowest BCUT2D eigenvalue weighted by atomic mass is 10.1. The van der Waals surface area contributed by atoms with E-state index >= 15 is 0 Å². The maximum Gasteiger partial charge on any atom is 0.264 e. The van der Waals surface area contributed by atoms with E-state index in [1.165, 1.54) is 28.8 Å². The number of hydrogen-bond acceptors (Lipinski definition) is 6. The summed E-state index contributed by atoms with van der Waals surface area (Å²) < 4.78 is 34.8. The van der Waals surface area contributed by atoms with Crippen molar-refractivity contribution in [1.82, 2.24) is 10.2 Å². The van der Waals surface area contributed by atoms with E-state index in [1.54, 1.807) is 61.5 Å². The lowest BCUT2D eigenvalue weighted by Gasteiger charge is -2.35. The summed E-state index contributed by atoms with van der Waals surface area (Å²) in [7, 11) is -4.22. The molecule has 3 aromatic carbocycles. The highest BCUT2D eigenvalue weighted by Gasteiger charge is 2.35. The first-order chi connectivity index (χ1) is 20.7. The van der Waals surface area contributed by atoms with Crippen molar-refractivity contribution < 1.29 is 22.7 Å². The highest BCUT2D eigenvalue weighted by molar-refractivity contribution is 7.98. The highest BCUT2D eigenvalue weighted by atomic mass is 35.5. The average Bonchev–Trinajstić information content (AvgIpc) is 2.97. The Morgan fingerprint density at radius 2 is 1.55 bits per heavy atom. The monoisotopic (exact) mass is 679 g/mol. The summed E-state index contributed by atoms with van der Waals surface area (Å²) in [5.41, 5.74) is 0.148. The van der Waals surface area contributed by atoms with Gasteiger partial charge in [0.1, 0.15) is 18.3 Å². The van der Waals surface area contributed by atoms with E-state index in [1.807, 2.05) is 34.0 Å². The van der Waals surface area contributed by atoms with Crippen molar-refractivity contribution in [2.75, 3.05) is 23.7 Å². The predicted molar refractivity (Wildman–Crippen MR) is 179 cm³/mol. The molecule has 3 rings (SSSR count). The standard InChI is InChI=1S/C32H39Cl2N3O5S2/c1-7-29(31(39)35-32(3,4)5)36(20-26-27(33)10-9-11-28(26)34)30(38)21-37(22-12-14-23(15-13-22)42-8-2)44(40,41)25-18-16-24(43-6)17-19-25/h9-19,29H,7-8,20-21H2,1-6H3,(H,35,39)/t29-/m1/s1. The Morgan fingerprint density at radius 1 is 0.955 bits per heavy atom. The molecule has 0 radical (unpaired) electrons. The number of nitrogens with zero attached hydrogens (tertiary/aromatic N) is 2. The van der Waals surface area contributed by atoms with Crippen LogP contribution in [0.3, 0.4) is 0 Å². The van der Waals surface area contributed by atoms with Crippen LogP contribution in [0.4, 0.5) is 5.69 Å². The molecule has 8 nitrogen and oxygen atoms in total. The summed E-state index contributed by atoms with van der Waals surface area (Å²) in [6, 6.07) is 17.0. The SMILES string of the molecule is CCOc1ccc(N(CC(=O)N(Cc2c(Cl)cccc2Cl)[C@H](CC)C(=O)NC(C)(C)C)S(=O)(=O)c2ccc(SC)cc2)cc1. The van der Waals surface area contributed by atoms with E-state index in [-0.39, 0.29) is 29.5 Å². The lowest BCUT2D eigenvalue weighted by molar-refractivity contribution is -0.141. The number of benzene rings is 3. The van der Waals surface area contributed by atoms with E-state index in [4.69, 9.17) is 27.9 Å². The molecule has 1 atom stereocenters. The normalized spacial score (nSPS) is 12.4. The molecule has 44 heavy (non-hydrogen) atoms. The lowest BCUT2D eigenvalue weighted by Crippen LogP contribution is -2.55. The minimum atomic E-state index is -4.22. The first-order valence-electron chi connectivity index (χ1n) is 14.2. The van der Waals surface area contributed by atoms with Crippen molar-refractivity contribution in [2.24, 2.45) is 0 Å². The minimum absolute atomic E-state index is 0.0233. The van der Waals surface area contributed by atoms with Gasteiger partial charge in [-0.25, -0.2) is 8.42 Å². The number of thioether (sulfide) groups is 1. The largest absolute Gasteiger partial charge is 0.494 e. The highest BCUT2D eigenvalue weighted by Crippen LogP contribution is 2.30. The summed E-state index contributed by atoms with van der Waals surface area (Å²) in [6.45, 7) is 8.92. The molecule has 2 amide bonds. The fourth-order valence-electron chi connectivity index (χ4n) is 4.51. The fourth-order valence-corrected chi connectivity index (χ4v) is 6.84. The van der Waals surface area contributed by atoms with Gasteiger partial charge in [0, 0.05) is 32.6 Å². The Hall–Kier alpha value is -2.92. The van der Waals surface area contributed by atoms with Gasteiger partial charge in [0.2, 0.25) is 11.8 Å². The number of hydrogen-bond donors (Lipinski definition) is 1. The number of halogens is 2. The van der Waals surface area contributed by atoms with Crippen LogP contribution in [0, 0.1) is 0 Å². The topological polar surface area (TPSA) is 96.0 Å². The second-order valence-electron chi connectivity index (χ2n) is 11.0. The molecule has 3 aromatic rings. The number of carbonyl (C=O) groups excluding carboxylic acids is 2. The van der Waals surface area contributed by atoms with Crippen LogP contribution >= 0.6 is 35.0 Å². The maximum atomic E-state index is 14.3. The summed E-state index contributed by atoms with van der Waals surface area (Å²) in [4.78, 5) is 30.1. The van der Waals surface area contributed by atoms with E-state index in [0.717, 1.165) is 9.20 Å². The second-order valence-corrected chi connectivity index (χ2v) is 14.6. The zero-order valence-electron chi connectivity index (χ0n) is 25.8. The Morgan fingerprint density at radius 3 is 2.05 bits per heavy atom. The molecule has 0 aliphatic rings. The zero-order valence-corrected chi connectivity index (χ0v) is 28.9. The van der Waals surface area contributed by atoms with Gasteiger partial charge in [0.05, 0.1) is 17.2 Å². The number of amides is 2. The van der Waals surface area contributed by atoms with Crippen molar-refractivity contribution in [3.05, 3.63) is 82.3 Å². The van der Waals surface area contributed by atoms with Gasteiger partial charge in [-0.1, -0.05) is 36.2 Å². The Labute approximate surface area is 275 Å². The van der Waals surface area contributed by atoms with Gasteiger partial charge >= 0.3 is 0 Å². The first kappa shape index (κ1) is 35.6. The molecule has 0 aliphatic heterocycles. The van der Waals surface area contributed by atoms with Gasteiger partial charge < -0.3 is 15.0 Å². The first-order valence-corrected chi connectivity index (χ1v) is 17.6. The molecule has 238 valence electrons. The van der Waals surface area contributed by atoms with Crippen LogP contribution in [0.15, 0.2) is 76.5 Å². The van der Waals surface area contributed by atoms with Crippen LogP contribution in [0.5, 0.6) is 5.75 Å². The molecule has 0 spiro atoms. The number of nitrogens with one attached hydrogen (secondary N) is 1. The van der Waals surface area contributed by atoms with Gasteiger partial charge in [-0.2, -0.15) is 0 Å². The van der Waals surface area contributed by atoms with Crippen molar-refractivity contribution in [1.29, 1.82) is 0 Å². The van der Waals surface area contributed by atoms with E-state index in [9.17, 15) is 18.0 Å². The van der Waals surface area contributed by atoms with Crippen LogP contribution in [-0.4, -0.2) is 56.1 Å². The molecular weight excluding hydrogens is 641 g/mol. The van der Waals surface area contributed by atoms with E-state index in [2.05, 4.69) is 5.32 Å². The Kier molecular flexibility index (Phi) is 12.4. The summed E-state index contributed by atoms with van der Waals surface area (Å²) in [5, 5.41) is 3.59. The third-order valence-corrected chi connectivity index (χ3v) is 9.88. The second kappa shape index (κ2) is 15.4. The number of ether oxygens (including phenoxy) is 1. The maximum absolute atomic E-state index is 14.3. The van der Waals surface area contributed by atoms with Gasteiger partial charge in [-0.3, -0.25) is 13.9 Å². The van der Waals surface area contributed by atoms with Crippen LogP contribution in [-0.2, 0) is 26.2 Å². The van der Waals surface area contributed by atoms with Gasteiger partial charge in [-0.05, 0) is 101 Å². The predicted octanol–water partition coefficient (Wildman–Crippen LogP) is 7.03. The molecule has 0 saturated carbocycles. The summed E-state index contributed by atoms with van der Waals surface area (Å²) in [5.74, 6) is -0.418. The van der Waals surface area contributed by atoms with Gasteiger partial charge in [0.15, 0.2) is 0 Å². The average molecular weight is 681 g/mol. The molecule has 0 fully saturated rings. The van der Waals surface area contributed by atoms with Crippen LogP contribution in [0.2, 0.25) is 10.0 Å². The van der Waals surface area contributed by atoms with E-state index < -0.39 is 34.1 Å². The molecule has 0 aliphatic carbocycles. The van der Waals surface area contributed by atoms with Crippen molar-refractivity contribution in [3.63, 3.8) is 0 Å². The molecule has 0 saturated heterocycles. The smallest absolute Gasteiger partial charge is 0.264 e. The van der Waals surface area contributed by atoms with Gasteiger partial charge in [-0.15, -0.1) is 11.8 Å². The minimum Gasteiger partial charge on any atom is -0.494 e. The number of anilines is 1. The van der Waals surface area contributed by atoms with Gasteiger partial charge in [0.25, 0.3) is 10.0 Å². The molecule has 0 bridgehead atoms. The number of carbonyl (C=O) groups is 2. The Balaban J connectivity index is 2.12. The molecule has 0 aromatic heterocycles. The quantitative estimate of drug-likeness (QED) is 0.195. The van der Waals surface area contributed by atoms with Crippen molar-refractivity contribution in [3.8, 4) is 5.75 Å². The van der Waals surface area contributed by atoms with Crippen LogP contribution < -0.4 is 14.4 Å². The van der Waals surface area contributed by atoms with Crippen molar-refractivity contribution >= 4 is 62.5 Å². The Bertz CT molecular complexity index is 1520. The third kappa shape index (κ3) is 9.06. The third-order valence-electron chi connectivity index (χ3n) is 6.64. The molecule has 12 heteroatoms. The molecule has 0 unspecified atom stereocenters. The zero-order chi connectivity index (χ0) is 32.7. The number of rotatable bonds is 13. The summed E-state index contributed by atoms with van der Waals surface area (Å²) in [6.07, 6.45) is 2.16. The van der Waals surface area contributed by atoms with E-state index in [0.29, 0.717) is 28.0 Å². The molecular formula is C32H39Cl2N3O5S2. The summed E-state index contributed by atoms with van der Waals surface area (Å²) >= 11 is 14.5.